The van der Waals surface area contributed by atoms with Crippen LogP contribution in [0.3, 0.4) is 0 Å². The molecule has 0 aliphatic rings. The third-order valence-electron chi connectivity index (χ3n) is 4.83. The van der Waals surface area contributed by atoms with Crippen LogP contribution in [0, 0.1) is 20.8 Å². The number of benzene rings is 2. The molecule has 1 amide bonds. The van der Waals surface area contributed by atoms with E-state index in [1.807, 2.05) is 48.9 Å². The van der Waals surface area contributed by atoms with Crippen LogP contribution in [0.5, 0.6) is 0 Å². The lowest BCUT2D eigenvalue weighted by molar-refractivity contribution is 0.102. The van der Waals surface area contributed by atoms with Crippen molar-refractivity contribution in [2.75, 3.05) is 5.32 Å². The minimum Gasteiger partial charge on any atom is -0.322 e. The van der Waals surface area contributed by atoms with E-state index in [9.17, 15) is 4.79 Å². The maximum absolute atomic E-state index is 13.0. The maximum atomic E-state index is 13.0. The summed E-state index contributed by atoms with van der Waals surface area (Å²) in [6.07, 6.45) is 1.72. The van der Waals surface area contributed by atoms with Crippen LogP contribution in [0.2, 0.25) is 0 Å². The van der Waals surface area contributed by atoms with Crippen molar-refractivity contribution in [2.45, 2.75) is 27.3 Å². The molecule has 5 heteroatoms. The number of amides is 1. The fraction of sp³-hybridized carbons (Fsp3) is 0.174. The van der Waals surface area contributed by atoms with E-state index in [2.05, 4.69) is 46.6 Å². The summed E-state index contributed by atoms with van der Waals surface area (Å²) >= 11 is 0. The van der Waals surface area contributed by atoms with Gasteiger partial charge in [0.15, 0.2) is 5.65 Å². The van der Waals surface area contributed by atoms with Gasteiger partial charge in [0, 0.05) is 11.4 Å². The largest absolute Gasteiger partial charge is 0.322 e. The molecule has 5 nitrogen and oxygen atoms in total. The minimum absolute atomic E-state index is 0.153. The Kier molecular flexibility index (Phi) is 4.65. The number of rotatable bonds is 4. The molecule has 0 fully saturated rings. The molecule has 0 saturated carbocycles. The fourth-order valence-electron chi connectivity index (χ4n) is 3.25. The Bertz CT molecular complexity index is 1160. The van der Waals surface area contributed by atoms with E-state index in [-0.39, 0.29) is 5.91 Å². The van der Waals surface area contributed by atoms with Gasteiger partial charge in [-0.3, -0.25) is 4.79 Å². The van der Waals surface area contributed by atoms with Crippen LogP contribution in [-0.4, -0.2) is 20.7 Å². The quantitative estimate of drug-likeness (QED) is 0.568. The van der Waals surface area contributed by atoms with Gasteiger partial charge in [0.1, 0.15) is 0 Å². The van der Waals surface area contributed by atoms with E-state index in [4.69, 9.17) is 0 Å². The van der Waals surface area contributed by atoms with Gasteiger partial charge in [-0.1, -0.05) is 48.0 Å². The molecular weight excluding hydrogens is 348 g/mol. The van der Waals surface area contributed by atoms with Crippen LogP contribution in [0.15, 0.2) is 60.8 Å². The number of nitrogens with zero attached hydrogens (tertiary/aromatic N) is 3. The number of hydrogen-bond donors (Lipinski definition) is 1. The lowest BCUT2D eigenvalue weighted by Crippen LogP contribution is -2.14. The highest BCUT2D eigenvalue weighted by atomic mass is 16.1. The predicted octanol–water partition coefficient (Wildman–Crippen LogP) is 4.66. The Balaban J connectivity index is 1.70. The van der Waals surface area contributed by atoms with Gasteiger partial charge in [0.25, 0.3) is 5.91 Å². The molecular formula is C23H22N4O. The number of pyridine rings is 1. The first-order valence-electron chi connectivity index (χ1n) is 9.27. The van der Waals surface area contributed by atoms with Crippen molar-refractivity contribution >= 4 is 22.6 Å². The Morgan fingerprint density at radius 2 is 1.79 bits per heavy atom. The molecule has 28 heavy (non-hydrogen) atoms. The smallest absolute Gasteiger partial charge is 0.256 e. The number of carbonyl (C=O) groups is 1. The number of aromatic nitrogens is 3. The predicted molar refractivity (Wildman–Crippen MR) is 112 cm³/mol. The Labute approximate surface area is 164 Å². The third kappa shape index (κ3) is 3.51. The van der Waals surface area contributed by atoms with Gasteiger partial charge >= 0.3 is 0 Å². The second kappa shape index (κ2) is 7.27. The van der Waals surface area contributed by atoms with E-state index < -0.39 is 0 Å². The van der Waals surface area contributed by atoms with Gasteiger partial charge in [-0.2, -0.15) is 5.10 Å². The SMILES string of the molecule is Cc1ccc(Cn2ncc3c(C(=O)Nc4ccccc4C)cc(C)nc32)cc1. The van der Waals surface area contributed by atoms with E-state index in [0.29, 0.717) is 12.1 Å². The molecule has 0 aliphatic carbocycles. The van der Waals surface area contributed by atoms with E-state index in [0.717, 1.165) is 33.5 Å². The topological polar surface area (TPSA) is 59.8 Å². The molecule has 0 saturated heterocycles. The molecule has 0 spiro atoms. The monoisotopic (exact) mass is 370 g/mol. The number of carbonyl (C=O) groups excluding carboxylic acids is 1. The third-order valence-corrected chi connectivity index (χ3v) is 4.83. The lowest BCUT2D eigenvalue weighted by Gasteiger charge is -2.10. The average Bonchev–Trinajstić information content (AvgIpc) is 3.07. The normalized spacial score (nSPS) is 11.0. The summed E-state index contributed by atoms with van der Waals surface area (Å²) in [5.41, 5.74) is 6.28. The number of anilines is 1. The molecule has 0 atom stereocenters. The first kappa shape index (κ1) is 17.9. The summed E-state index contributed by atoms with van der Waals surface area (Å²) in [7, 11) is 0. The Morgan fingerprint density at radius 1 is 1.04 bits per heavy atom. The molecule has 2 aromatic carbocycles. The van der Waals surface area contributed by atoms with E-state index in [1.165, 1.54) is 5.56 Å². The summed E-state index contributed by atoms with van der Waals surface area (Å²) < 4.78 is 1.84. The highest BCUT2D eigenvalue weighted by Gasteiger charge is 2.16. The summed E-state index contributed by atoms with van der Waals surface area (Å²) in [6, 6.07) is 17.9. The molecule has 1 N–H and O–H groups in total. The summed E-state index contributed by atoms with van der Waals surface area (Å²) in [6.45, 7) is 6.55. The molecule has 4 aromatic rings. The van der Waals surface area contributed by atoms with Gasteiger partial charge in [0.2, 0.25) is 0 Å². The van der Waals surface area contributed by atoms with Crippen molar-refractivity contribution in [1.82, 2.24) is 14.8 Å². The molecule has 0 bridgehead atoms. The molecule has 2 heterocycles. The number of nitrogens with one attached hydrogen (secondary N) is 1. The number of fused-ring (bicyclic) bond motifs is 1. The van der Waals surface area contributed by atoms with Crippen molar-refractivity contribution in [3.63, 3.8) is 0 Å². The van der Waals surface area contributed by atoms with Crippen molar-refractivity contribution < 1.29 is 4.79 Å². The van der Waals surface area contributed by atoms with Gasteiger partial charge in [0.05, 0.1) is 23.7 Å². The first-order chi connectivity index (χ1) is 13.5. The molecule has 4 rings (SSSR count). The van der Waals surface area contributed by atoms with Crippen molar-refractivity contribution in [3.05, 3.63) is 88.7 Å². The van der Waals surface area contributed by atoms with Gasteiger partial charge in [-0.25, -0.2) is 9.67 Å². The summed E-state index contributed by atoms with van der Waals surface area (Å²) in [4.78, 5) is 17.6. The molecule has 140 valence electrons. The number of aryl methyl sites for hydroxylation is 3. The average molecular weight is 370 g/mol. The van der Waals surface area contributed by atoms with Gasteiger partial charge in [-0.15, -0.1) is 0 Å². The minimum atomic E-state index is -0.153. The highest BCUT2D eigenvalue weighted by molar-refractivity contribution is 6.12. The molecule has 2 aromatic heterocycles. The van der Waals surface area contributed by atoms with Gasteiger partial charge in [-0.05, 0) is 44.0 Å². The van der Waals surface area contributed by atoms with Crippen LogP contribution in [-0.2, 0) is 6.54 Å². The van der Waals surface area contributed by atoms with Crippen LogP contribution in [0.4, 0.5) is 5.69 Å². The van der Waals surface area contributed by atoms with Gasteiger partial charge < -0.3 is 5.32 Å². The molecule has 0 unspecified atom stereocenters. The molecule has 0 aliphatic heterocycles. The second-order valence-corrected chi connectivity index (χ2v) is 7.11. The van der Waals surface area contributed by atoms with E-state index in [1.54, 1.807) is 6.20 Å². The van der Waals surface area contributed by atoms with Crippen molar-refractivity contribution in [2.24, 2.45) is 0 Å². The zero-order chi connectivity index (χ0) is 19.7. The van der Waals surface area contributed by atoms with Crippen molar-refractivity contribution in [1.29, 1.82) is 0 Å². The van der Waals surface area contributed by atoms with Crippen LogP contribution in [0.25, 0.3) is 11.0 Å². The summed E-state index contributed by atoms with van der Waals surface area (Å²) in [5.74, 6) is -0.153. The fourth-order valence-corrected chi connectivity index (χ4v) is 3.25. The summed E-state index contributed by atoms with van der Waals surface area (Å²) in [5, 5.41) is 8.26. The Hall–Kier alpha value is -3.47. The maximum Gasteiger partial charge on any atom is 0.256 e. The number of hydrogen-bond acceptors (Lipinski definition) is 3. The van der Waals surface area contributed by atoms with Crippen LogP contribution < -0.4 is 5.32 Å². The lowest BCUT2D eigenvalue weighted by atomic mass is 10.1. The molecule has 0 radical (unpaired) electrons. The zero-order valence-electron chi connectivity index (χ0n) is 16.2. The first-order valence-corrected chi connectivity index (χ1v) is 9.27. The van der Waals surface area contributed by atoms with Crippen molar-refractivity contribution in [3.8, 4) is 0 Å². The van der Waals surface area contributed by atoms with E-state index >= 15 is 0 Å². The Morgan fingerprint density at radius 3 is 2.54 bits per heavy atom. The van der Waals surface area contributed by atoms with Crippen LogP contribution >= 0.6 is 0 Å². The standard InChI is InChI=1S/C23H22N4O/c1-15-8-10-18(11-9-15)14-27-22-20(13-24-27)19(12-17(3)25-22)23(28)26-21-7-5-4-6-16(21)2/h4-13H,14H2,1-3H3,(H,26,28). The number of para-hydroxylation sites is 1. The highest BCUT2D eigenvalue weighted by Crippen LogP contribution is 2.22. The second-order valence-electron chi connectivity index (χ2n) is 7.11. The van der Waals surface area contributed by atoms with Crippen LogP contribution in [0.1, 0.15) is 32.7 Å². The zero-order valence-corrected chi connectivity index (χ0v) is 16.2.